The van der Waals surface area contributed by atoms with Crippen LogP contribution in [-0.4, -0.2) is 59.0 Å². The predicted molar refractivity (Wildman–Crippen MR) is 177 cm³/mol. The normalized spacial score (nSPS) is 58.9. The van der Waals surface area contributed by atoms with Crippen LogP contribution in [0.15, 0.2) is 0 Å². The third-order valence-corrected chi connectivity index (χ3v) is 16.8. The van der Waals surface area contributed by atoms with Gasteiger partial charge in [-0.15, -0.1) is 0 Å². The van der Waals surface area contributed by atoms with Crippen LogP contribution in [0.3, 0.4) is 0 Å². The van der Waals surface area contributed by atoms with Crippen molar-refractivity contribution in [3.8, 4) is 0 Å². The standard InChI is InChI=1S/C39H65NO7/c1-21(8-7-17-40)26-11-12-29-33-30(20-32(42)38(26,29)6)36(4)15-13-25(18-24(36)19-31(33)41)43-34-23(3)28-10-9-22(2)27-14-16-37(5)45-35(44-34)39(27,28)47-46-37/h21-35,41-42H,7-20,40H2,1-6H3/t21-,22-,23-,24+,25-,26-,27+,28+,29+,30+,31-,32+,33+,34+,35-,36+,37+,38-,39-/m1/s1. The van der Waals surface area contributed by atoms with Crippen molar-refractivity contribution in [3.63, 3.8) is 0 Å². The number of aliphatic hydroxyl groups excluding tert-OH is 2. The van der Waals surface area contributed by atoms with E-state index in [9.17, 15) is 10.2 Å². The van der Waals surface area contributed by atoms with Gasteiger partial charge in [0.15, 0.2) is 18.2 Å². The van der Waals surface area contributed by atoms with Crippen molar-refractivity contribution in [2.75, 3.05) is 6.54 Å². The molecule has 5 aliphatic carbocycles. The highest BCUT2D eigenvalue weighted by Crippen LogP contribution is 2.69. The summed E-state index contributed by atoms with van der Waals surface area (Å²) in [5.41, 5.74) is 5.29. The van der Waals surface area contributed by atoms with Crippen molar-refractivity contribution in [1.29, 1.82) is 0 Å². The van der Waals surface area contributed by atoms with Gasteiger partial charge in [0, 0.05) is 18.3 Å². The summed E-state index contributed by atoms with van der Waals surface area (Å²) in [6.45, 7) is 14.6. The number of hydrogen-bond acceptors (Lipinski definition) is 8. The summed E-state index contributed by atoms with van der Waals surface area (Å²) in [7, 11) is 0. The average Bonchev–Trinajstić information content (AvgIpc) is 3.24. The fourth-order valence-corrected chi connectivity index (χ4v) is 14.1. The lowest BCUT2D eigenvalue weighted by Crippen LogP contribution is -2.70. The number of rotatable bonds is 6. The molecule has 0 aromatic rings. The number of aliphatic hydroxyl groups is 2. The molecule has 4 N–H and O–H groups in total. The lowest BCUT2D eigenvalue weighted by atomic mass is 9.43. The molecular formula is C39H65NO7. The van der Waals surface area contributed by atoms with Crippen molar-refractivity contribution in [1.82, 2.24) is 0 Å². The molecule has 4 saturated heterocycles. The minimum Gasteiger partial charge on any atom is -0.393 e. The van der Waals surface area contributed by atoms with E-state index >= 15 is 0 Å². The van der Waals surface area contributed by atoms with Gasteiger partial charge in [-0.2, -0.15) is 0 Å². The fraction of sp³-hybridized carbons (Fsp3) is 1.00. The van der Waals surface area contributed by atoms with Gasteiger partial charge in [0.1, 0.15) is 0 Å². The van der Waals surface area contributed by atoms with Crippen LogP contribution in [0.1, 0.15) is 125 Å². The van der Waals surface area contributed by atoms with Crippen LogP contribution in [0.4, 0.5) is 0 Å². The highest BCUT2D eigenvalue weighted by molar-refractivity contribution is 5.15. The summed E-state index contributed by atoms with van der Waals surface area (Å²) in [5.74, 6) is 2.97. The molecule has 0 unspecified atom stereocenters. The molecular weight excluding hydrogens is 594 g/mol. The molecule has 9 aliphatic rings. The smallest absolute Gasteiger partial charge is 0.201 e. The van der Waals surface area contributed by atoms with E-state index < -0.39 is 17.7 Å². The third-order valence-electron chi connectivity index (χ3n) is 16.8. The van der Waals surface area contributed by atoms with E-state index in [2.05, 4.69) is 34.6 Å². The van der Waals surface area contributed by atoms with Gasteiger partial charge in [0.2, 0.25) is 5.79 Å². The summed E-state index contributed by atoms with van der Waals surface area (Å²) in [4.78, 5) is 12.4. The molecule has 0 aromatic carbocycles. The maximum absolute atomic E-state index is 12.0. The minimum atomic E-state index is -0.785. The zero-order valence-corrected chi connectivity index (χ0v) is 30.1. The second-order valence-electron chi connectivity index (χ2n) is 18.8. The molecule has 4 aliphatic heterocycles. The zero-order chi connectivity index (χ0) is 33.1. The SMILES string of the molecule is C[C@H]1[C@@H](O[C@@H]2CC[C@@]3(C)[C@@H](C2)C[C@@H](O)[C@@H]2[C@@H]3C[C@H](O)[C@]3(C)[C@@H]([C@H](C)CCCN)CC[C@@H]23)O[C@@H]2O[C@]3(C)CC[C@H]4[C@H](C)CC[C@@H]1[C@@]24OO3. The van der Waals surface area contributed by atoms with E-state index in [-0.39, 0.29) is 53.2 Å². The highest BCUT2D eigenvalue weighted by atomic mass is 17.3. The van der Waals surface area contributed by atoms with Gasteiger partial charge < -0.3 is 30.2 Å². The van der Waals surface area contributed by atoms with Gasteiger partial charge >= 0.3 is 0 Å². The Balaban J connectivity index is 0.980. The molecule has 1 spiro atoms. The molecule has 9 fully saturated rings. The van der Waals surface area contributed by atoms with Crippen molar-refractivity contribution >= 4 is 0 Å². The van der Waals surface area contributed by atoms with Crippen LogP contribution in [0, 0.1) is 70.0 Å². The van der Waals surface area contributed by atoms with Crippen molar-refractivity contribution in [2.45, 2.75) is 167 Å². The Morgan fingerprint density at radius 1 is 0.872 bits per heavy atom. The summed E-state index contributed by atoms with van der Waals surface area (Å²) in [6, 6.07) is 0. The second-order valence-corrected chi connectivity index (χ2v) is 18.8. The van der Waals surface area contributed by atoms with E-state index in [0.29, 0.717) is 41.4 Å². The average molecular weight is 660 g/mol. The quantitative estimate of drug-likeness (QED) is 0.217. The molecule has 8 nitrogen and oxygen atoms in total. The Morgan fingerprint density at radius 2 is 1.66 bits per heavy atom. The largest absolute Gasteiger partial charge is 0.393 e. The topological polar surface area (TPSA) is 113 Å². The van der Waals surface area contributed by atoms with E-state index in [1.807, 2.05) is 6.92 Å². The summed E-state index contributed by atoms with van der Waals surface area (Å²) < 4.78 is 20.4. The fourth-order valence-electron chi connectivity index (χ4n) is 14.1. The van der Waals surface area contributed by atoms with Gasteiger partial charge in [0.05, 0.1) is 18.3 Å². The Hall–Kier alpha value is -0.320. The number of fused-ring (bicyclic) bond motifs is 7. The van der Waals surface area contributed by atoms with Gasteiger partial charge in [-0.25, -0.2) is 9.78 Å². The lowest BCUT2D eigenvalue weighted by molar-refractivity contribution is -0.578. The first-order valence-corrected chi connectivity index (χ1v) is 19.8. The number of ether oxygens (including phenoxy) is 3. The van der Waals surface area contributed by atoms with E-state index in [4.69, 9.17) is 29.7 Å². The zero-order valence-electron chi connectivity index (χ0n) is 30.1. The predicted octanol–water partition coefficient (Wildman–Crippen LogP) is 6.56. The molecule has 9 rings (SSSR count). The summed E-state index contributed by atoms with van der Waals surface area (Å²) >= 11 is 0. The molecule has 0 radical (unpaired) electrons. The minimum absolute atomic E-state index is 0.0883. The van der Waals surface area contributed by atoms with Gasteiger partial charge in [-0.05, 0) is 149 Å². The van der Waals surface area contributed by atoms with E-state index in [1.54, 1.807) is 0 Å². The second kappa shape index (κ2) is 11.9. The van der Waals surface area contributed by atoms with Gasteiger partial charge in [-0.3, -0.25) is 0 Å². The monoisotopic (exact) mass is 659 g/mol. The first kappa shape index (κ1) is 33.8. The Bertz CT molecular complexity index is 1170. The molecule has 5 saturated carbocycles. The number of nitrogens with two attached hydrogens (primary N) is 1. The first-order chi connectivity index (χ1) is 22.4. The molecule has 0 amide bonds. The Labute approximate surface area is 283 Å². The van der Waals surface area contributed by atoms with Crippen LogP contribution in [-0.2, 0) is 24.0 Å². The Kier molecular flexibility index (Phi) is 8.53. The van der Waals surface area contributed by atoms with Crippen LogP contribution in [0.25, 0.3) is 0 Å². The third kappa shape index (κ3) is 4.88. The van der Waals surface area contributed by atoms with Crippen LogP contribution in [0.2, 0.25) is 0 Å². The molecule has 47 heavy (non-hydrogen) atoms. The van der Waals surface area contributed by atoms with Crippen molar-refractivity contribution < 1.29 is 34.2 Å². The van der Waals surface area contributed by atoms with Crippen molar-refractivity contribution in [3.05, 3.63) is 0 Å². The van der Waals surface area contributed by atoms with Gasteiger partial charge in [0.25, 0.3) is 0 Å². The van der Waals surface area contributed by atoms with E-state index in [0.717, 1.165) is 77.2 Å². The molecule has 8 heteroatoms. The van der Waals surface area contributed by atoms with Crippen molar-refractivity contribution in [2.24, 2.45) is 75.7 Å². The maximum Gasteiger partial charge on any atom is 0.201 e. The molecule has 4 heterocycles. The van der Waals surface area contributed by atoms with Crippen LogP contribution in [0.5, 0.6) is 0 Å². The van der Waals surface area contributed by atoms with E-state index in [1.165, 1.54) is 12.8 Å². The molecule has 0 aromatic heterocycles. The van der Waals surface area contributed by atoms with Crippen LogP contribution >= 0.6 is 0 Å². The summed E-state index contributed by atoms with van der Waals surface area (Å²) in [6.07, 6.45) is 11.9. The molecule has 19 atom stereocenters. The highest BCUT2D eigenvalue weighted by Gasteiger charge is 2.70. The summed E-state index contributed by atoms with van der Waals surface area (Å²) in [5, 5.41) is 24.0. The van der Waals surface area contributed by atoms with Crippen LogP contribution < -0.4 is 5.73 Å². The Morgan fingerprint density at radius 3 is 2.45 bits per heavy atom. The first-order valence-electron chi connectivity index (χ1n) is 19.8. The molecule has 268 valence electrons. The van der Waals surface area contributed by atoms with Gasteiger partial charge in [-0.1, -0.05) is 34.6 Å². The number of hydrogen-bond donors (Lipinski definition) is 3. The lowest BCUT2D eigenvalue weighted by Gasteiger charge is -2.64. The molecule has 2 bridgehead atoms. The maximum atomic E-state index is 12.0.